The Labute approximate surface area is 295 Å². The Kier molecular flexibility index (Phi) is 6.65. The molecule has 0 fully saturated rings. The van der Waals surface area contributed by atoms with E-state index >= 15 is 0 Å². The molecule has 2 aliphatic carbocycles. The number of fused-ring (bicyclic) bond motifs is 9. The average Bonchev–Trinajstić information content (AvgIpc) is 3.89. The first-order valence-corrected chi connectivity index (χ1v) is 18.1. The van der Waals surface area contributed by atoms with Crippen LogP contribution in [0.1, 0.15) is 47.0 Å². The normalized spacial score (nSPS) is 16.3. The molecular weight excluding hydrogens is 631 g/mol. The van der Waals surface area contributed by atoms with E-state index in [9.17, 15) is 0 Å². The van der Waals surface area contributed by atoms with Crippen molar-refractivity contribution in [3.8, 4) is 43.8 Å². The second-order valence-electron chi connectivity index (χ2n) is 13.5. The summed E-state index contributed by atoms with van der Waals surface area (Å²) in [4.78, 5) is 7.46. The number of hydrogen-bond donors (Lipinski definition) is 0. The van der Waals surface area contributed by atoms with E-state index in [0.717, 1.165) is 40.0 Å². The van der Waals surface area contributed by atoms with Crippen molar-refractivity contribution in [3.05, 3.63) is 185 Å². The third-order valence-electron chi connectivity index (χ3n) is 10.4. The van der Waals surface area contributed by atoms with Gasteiger partial charge in [0.25, 0.3) is 0 Å². The van der Waals surface area contributed by atoms with E-state index in [2.05, 4.69) is 163 Å². The molecule has 5 aromatic carbocycles. The zero-order chi connectivity index (χ0) is 33.2. The van der Waals surface area contributed by atoms with Crippen molar-refractivity contribution in [1.29, 1.82) is 0 Å². The highest BCUT2D eigenvalue weighted by atomic mass is 32.1. The largest absolute Gasteiger partial charge is 0.457 e. The lowest BCUT2D eigenvalue weighted by molar-refractivity contribution is 0.436. The third kappa shape index (κ3) is 4.43. The Morgan fingerprint density at radius 1 is 0.720 bits per heavy atom. The minimum Gasteiger partial charge on any atom is -0.457 e. The van der Waals surface area contributed by atoms with Gasteiger partial charge in [-0.1, -0.05) is 122 Å². The van der Waals surface area contributed by atoms with Crippen LogP contribution in [0.15, 0.2) is 152 Å². The van der Waals surface area contributed by atoms with Crippen LogP contribution >= 0.6 is 11.3 Å². The van der Waals surface area contributed by atoms with Crippen LogP contribution in [0, 0.1) is 5.92 Å². The Morgan fingerprint density at radius 2 is 1.40 bits per heavy atom. The molecule has 1 atom stereocenters. The van der Waals surface area contributed by atoms with E-state index < -0.39 is 5.41 Å². The van der Waals surface area contributed by atoms with Gasteiger partial charge in [-0.05, 0) is 87.7 Å². The molecule has 3 heterocycles. The molecular formula is C45H33N3OS. The van der Waals surface area contributed by atoms with Gasteiger partial charge in [-0.2, -0.15) is 5.10 Å². The smallest absolute Gasteiger partial charge is 0.177 e. The summed E-state index contributed by atoms with van der Waals surface area (Å²) in [7, 11) is 0. The lowest BCUT2D eigenvalue weighted by Crippen LogP contribution is -2.32. The first-order valence-electron chi connectivity index (χ1n) is 17.2. The fourth-order valence-electron chi connectivity index (χ4n) is 8.16. The standard InChI is InChI=1S/C45H33N3OS/c1-29-12-11-15-32(26-29)43-46-44(48(47-43)28-30-13-3-2-4-14-30)42-25-24-41(50-42)31-22-23-40-38(27-31)45(37-20-9-10-21-39(37)49-40)35-18-7-5-16-33(35)34-17-6-8-19-36(34)45/h2-25,27,29H,26,28H2,1H3. The van der Waals surface area contributed by atoms with Gasteiger partial charge in [0.05, 0.1) is 16.8 Å². The first-order chi connectivity index (χ1) is 24.7. The van der Waals surface area contributed by atoms with Crippen LogP contribution in [0.3, 0.4) is 0 Å². The highest BCUT2D eigenvalue weighted by Crippen LogP contribution is 2.62. The molecule has 0 N–H and O–H groups in total. The second-order valence-corrected chi connectivity index (χ2v) is 14.6. The highest BCUT2D eigenvalue weighted by molar-refractivity contribution is 7.18. The van der Waals surface area contributed by atoms with Crippen LogP contribution in [-0.2, 0) is 12.0 Å². The number of para-hydroxylation sites is 1. The van der Waals surface area contributed by atoms with E-state index in [1.165, 1.54) is 49.4 Å². The summed E-state index contributed by atoms with van der Waals surface area (Å²) >= 11 is 1.77. The van der Waals surface area contributed by atoms with Crippen molar-refractivity contribution in [2.24, 2.45) is 5.92 Å². The number of rotatable bonds is 5. The van der Waals surface area contributed by atoms with Gasteiger partial charge in [0.1, 0.15) is 11.5 Å². The second kappa shape index (κ2) is 11.4. The van der Waals surface area contributed by atoms with E-state index in [4.69, 9.17) is 14.8 Å². The lowest BCUT2D eigenvalue weighted by Gasteiger charge is -2.39. The summed E-state index contributed by atoms with van der Waals surface area (Å²) in [6, 6.07) is 48.0. The van der Waals surface area contributed by atoms with Crippen molar-refractivity contribution in [3.63, 3.8) is 0 Å². The van der Waals surface area contributed by atoms with Crippen LogP contribution in [0.25, 0.3) is 37.8 Å². The van der Waals surface area contributed by atoms with Gasteiger partial charge in [0, 0.05) is 16.0 Å². The maximum atomic E-state index is 6.67. The fraction of sp³-hybridized carbons (Fsp3) is 0.111. The number of aromatic nitrogens is 3. The summed E-state index contributed by atoms with van der Waals surface area (Å²) in [5.74, 6) is 3.98. The summed E-state index contributed by atoms with van der Waals surface area (Å²) in [6.07, 6.45) is 7.48. The average molecular weight is 664 g/mol. The highest BCUT2D eigenvalue weighted by Gasteiger charge is 2.51. The van der Waals surface area contributed by atoms with E-state index in [1.54, 1.807) is 11.3 Å². The minimum absolute atomic E-state index is 0.468. The minimum atomic E-state index is -0.489. The maximum Gasteiger partial charge on any atom is 0.177 e. The van der Waals surface area contributed by atoms with Gasteiger partial charge in [-0.25, -0.2) is 9.67 Å². The molecule has 0 saturated heterocycles. The quantitative estimate of drug-likeness (QED) is 0.184. The molecule has 0 saturated carbocycles. The molecule has 240 valence electrons. The summed E-state index contributed by atoms with van der Waals surface area (Å²) in [5.41, 5.74) is 10.5. The first kappa shape index (κ1) is 29.2. The molecule has 7 aromatic rings. The lowest BCUT2D eigenvalue weighted by atomic mass is 9.66. The number of hydrogen-bond acceptors (Lipinski definition) is 4. The fourth-order valence-corrected chi connectivity index (χ4v) is 9.16. The molecule has 0 bridgehead atoms. The molecule has 5 heteroatoms. The van der Waals surface area contributed by atoms with Gasteiger partial charge in [0.15, 0.2) is 11.6 Å². The third-order valence-corrected chi connectivity index (χ3v) is 11.5. The zero-order valence-corrected chi connectivity index (χ0v) is 28.4. The maximum absolute atomic E-state index is 6.67. The molecule has 10 rings (SSSR count). The molecule has 0 amide bonds. The predicted octanol–water partition coefficient (Wildman–Crippen LogP) is 11.2. The molecule has 1 unspecified atom stereocenters. The molecule has 1 spiro atoms. The SMILES string of the molecule is CC1C=CC=C(c2nc(-c3ccc(-c4ccc5c(c4)C4(c6ccccc6O5)c5ccccc5-c5ccccc54)s3)n(Cc3ccccc3)n2)C1. The van der Waals surface area contributed by atoms with Crippen LogP contribution < -0.4 is 4.74 Å². The Bertz CT molecular complexity index is 2460. The van der Waals surface area contributed by atoms with Crippen LogP contribution in [0.5, 0.6) is 11.5 Å². The molecule has 1 aliphatic heterocycles. The monoisotopic (exact) mass is 663 g/mol. The van der Waals surface area contributed by atoms with Gasteiger partial charge in [0.2, 0.25) is 0 Å². The Balaban J connectivity index is 1.11. The van der Waals surface area contributed by atoms with Crippen molar-refractivity contribution in [2.75, 3.05) is 0 Å². The Morgan fingerprint density at radius 3 is 2.18 bits per heavy atom. The Hall–Kier alpha value is -5.78. The summed E-state index contributed by atoms with van der Waals surface area (Å²) in [6.45, 7) is 2.90. The number of nitrogens with zero attached hydrogens (tertiary/aromatic N) is 3. The number of benzene rings is 5. The molecule has 0 radical (unpaired) electrons. The summed E-state index contributed by atoms with van der Waals surface area (Å²) < 4.78 is 8.74. The van der Waals surface area contributed by atoms with Crippen LogP contribution in [-0.4, -0.2) is 14.8 Å². The molecule has 50 heavy (non-hydrogen) atoms. The van der Waals surface area contributed by atoms with Gasteiger partial charge < -0.3 is 4.74 Å². The number of ether oxygens (including phenoxy) is 1. The van der Waals surface area contributed by atoms with Crippen LogP contribution in [0.4, 0.5) is 0 Å². The van der Waals surface area contributed by atoms with Crippen molar-refractivity contribution >= 4 is 16.9 Å². The predicted molar refractivity (Wildman–Crippen MR) is 203 cm³/mol. The van der Waals surface area contributed by atoms with E-state index in [0.29, 0.717) is 12.5 Å². The van der Waals surface area contributed by atoms with Gasteiger partial charge in [-0.15, -0.1) is 11.3 Å². The van der Waals surface area contributed by atoms with E-state index in [-0.39, 0.29) is 0 Å². The van der Waals surface area contributed by atoms with Crippen LogP contribution in [0.2, 0.25) is 0 Å². The zero-order valence-electron chi connectivity index (χ0n) is 27.6. The molecule has 3 aliphatic rings. The number of thiophene rings is 1. The molecule has 4 nitrogen and oxygen atoms in total. The van der Waals surface area contributed by atoms with Crippen molar-refractivity contribution in [2.45, 2.75) is 25.3 Å². The number of allylic oxidation sites excluding steroid dienone is 4. The van der Waals surface area contributed by atoms with E-state index in [1.807, 2.05) is 0 Å². The van der Waals surface area contributed by atoms with Crippen molar-refractivity contribution in [1.82, 2.24) is 14.8 Å². The summed E-state index contributed by atoms with van der Waals surface area (Å²) in [5, 5.41) is 5.09. The topological polar surface area (TPSA) is 39.9 Å². The van der Waals surface area contributed by atoms with Gasteiger partial charge >= 0.3 is 0 Å². The van der Waals surface area contributed by atoms with Gasteiger partial charge in [-0.3, -0.25) is 0 Å². The molecule has 2 aromatic heterocycles. The van der Waals surface area contributed by atoms with Crippen molar-refractivity contribution < 1.29 is 4.74 Å².